The topological polar surface area (TPSA) is 95.7 Å². The monoisotopic (exact) mass is 228 g/mol. The zero-order valence-electron chi connectivity index (χ0n) is 9.40. The number of carbonyl (C=O) groups is 3. The molecule has 1 saturated heterocycles. The molecule has 90 valence electrons. The van der Waals surface area contributed by atoms with Gasteiger partial charge in [0, 0.05) is 19.1 Å². The molecule has 0 spiro atoms. The molecule has 1 aliphatic heterocycles. The van der Waals surface area contributed by atoms with Crippen molar-refractivity contribution < 1.29 is 14.4 Å². The van der Waals surface area contributed by atoms with Crippen LogP contribution in [0.4, 0.5) is 0 Å². The molecule has 16 heavy (non-hydrogen) atoms. The van der Waals surface area contributed by atoms with E-state index in [1.54, 1.807) is 0 Å². The molecule has 1 aliphatic rings. The van der Waals surface area contributed by atoms with Crippen LogP contribution in [0, 0.1) is 0 Å². The van der Waals surface area contributed by atoms with Gasteiger partial charge in [-0.1, -0.05) is 0 Å². The summed E-state index contributed by atoms with van der Waals surface area (Å²) in [4.78, 5) is 36.9. The summed E-state index contributed by atoms with van der Waals surface area (Å²) in [6.07, 6.45) is 0. The maximum Gasteiger partial charge on any atom is 0.312 e. The van der Waals surface area contributed by atoms with Crippen LogP contribution >= 0.6 is 0 Å². The number of carbonyl (C=O) groups excluding carboxylic acids is 3. The van der Waals surface area contributed by atoms with E-state index in [1.807, 2.05) is 19.3 Å². The van der Waals surface area contributed by atoms with Crippen molar-refractivity contribution in [3.8, 4) is 0 Å². The predicted molar refractivity (Wildman–Crippen MR) is 55.8 cm³/mol. The van der Waals surface area contributed by atoms with E-state index in [9.17, 15) is 14.4 Å². The number of nitrogens with two attached hydrogens (primary N) is 1. The Morgan fingerprint density at radius 1 is 1.38 bits per heavy atom. The second kappa shape index (κ2) is 4.93. The van der Waals surface area contributed by atoms with Gasteiger partial charge in [-0.05, 0) is 13.8 Å². The summed E-state index contributed by atoms with van der Waals surface area (Å²) in [6, 6.07) is -0.0121. The first-order valence-electron chi connectivity index (χ1n) is 5.06. The van der Waals surface area contributed by atoms with Crippen LogP contribution in [0.3, 0.4) is 0 Å². The molecule has 1 fully saturated rings. The first-order chi connectivity index (χ1) is 7.47. The molecular weight excluding hydrogens is 212 g/mol. The largest absolute Gasteiger partial charge is 0.330 e. The Balaban J connectivity index is 2.65. The SMILES string of the molecule is CC(C)N1CCN(CC(=O)NN)C(=O)C1=O. The molecule has 0 aromatic heterocycles. The average Bonchev–Trinajstić information content (AvgIpc) is 2.24. The lowest BCUT2D eigenvalue weighted by Gasteiger charge is -2.35. The number of hydrazine groups is 1. The summed E-state index contributed by atoms with van der Waals surface area (Å²) < 4.78 is 0. The third-order valence-electron chi connectivity index (χ3n) is 2.46. The Kier molecular flexibility index (Phi) is 3.83. The van der Waals surface area contributed by atoms with Crippen molar-refractivity contribution in [3.05, 3.63) is 0 Å². The zero-order chi connectivity index (χ0) is 12.3. The van der Waals surface area contributed by atoms with E-state index in [1.165, 1.54) is 9.80 Å². The molecule has 0 saturated carbocycles. The highest BCUT2D eigenvalue weighted by atomic mass is 16.2. The smallest absolute Gasteiger partial charge is 0.312 e. The molecule has 0 radical (unpaired) electrons. The van der Waals surface area contributed by atoms with Crippen molar-refractivity contribution in [2.45, 2.75) is 19.9 Å². The second-order valence-electron chi connectivity index (χ2n) is 3.89. The van der Waals surface area contributed by atoms with Crippen molar-refractivity contribution >= 4 is 17.7 Å². The Hall–Kier alpha value is -1.63. The van der Waals surface area contributed by atoms with Crippen LogP contribution in [0.1, 0.15) is 13.8 Å². The highest BCUT2D eigenvalue weighted by Gasteiger charge is 2.34. The summed E-state index contributed by atoms with van der Waals surface area (Å²) in [6.45, 7) is 4.31. The third kappa shape index (κ3) is 2.48. The van der Waals surface area contributed by atoms with Crippen molar-refractivity contribution in [2.24, 2.45) is 5.84 Å². The van der Waals surface area contributed by atoms with E-state index < -0.39 is 17.7 Å². The standard InChI is InChI=1S/C9H16N4O3/c1-6(2)13-4-3-12(5-7(14)11-10)8(15)9(13)16/h6H,3-5,10H2,1-2H3,(H,11,14). The molecule has 0 aromatic rings. The number of piperazine rings is 1. The van der Waals surface area contributed by atoms with E-state index in [-0.39, 0.29) is 12.6 Å². The molecule has 3 amide bonds. The number of rotatable bonds is 3. The fourth-order valence-corrected chi connectivity index (χ4v) is 1.55. The first kappa shape index (κ1) is 12.4. The van der Waals surface area contributed by atoms with Gasteiger partial charge in [-0.2, -0.15) is 0 Å². The van der Waals surface area contributed by atoms with E-state index in [0.29, 0.717) is 13.1 Å². The van der Waals surface area contributed by atoms with Gasteiger partial charge in [-0.25, -0.2) is 5.84 Å². The molecule has 0 aromatic carbocycles. The summed E-state index contributed by atoms with van der Waals surface area (Å²) >= 11 is 0. The number of hydrogen-bond donors (Lipinski definition) is 2. The minimum absolute atomic E-state index is 0.0121. The Labute approximate surface area is 93.5 Å². The highest BCUT2D eigenvalue weighted by Crippen LogP contribution is 2.08. The maximum atomic E-state index is 11.6. The van der Waals surface area contributed by atoms with Crippen LogP contribution in [0.25, 0.3) is 0 Å². The minimum atomic E-state index is -0.649. The molecule has 0 atom stereocenters. The second-order valence-corrected chi connectivity index (χ2v) is 3.89. The Bertz CT molecular complexity index is 316. The molecule has 1 rings (SSSR count). The van der Waals surface area contributed by atoms with Crippen LogP contribution in [-0.4, -0.2) is 53.2 Å². The fourth-order valence-electron chi connectivity index (χ4n) is 1.55. The van der Waals surface area contributed by atoms with E-state index in [4.69, 9.17) is 5.84 Å². The lowest BCUT2D eigenvalue weighted by Crippen LogP contribution is -2.58. The number of amides is 3. The van der Waals surface area contributed by atoms with Gasteiger partial charge in [-0.3, -0.25) is 19.8 Å². The van der Waals surface area contributed by atoms with Gasteiger partial charge in [0.25, 0.3) is 5.91 Å². The zero-order valence-corrected chi connectivity index (χ0v) is 9.40. The van der Waals surface area contributed by atoms with Gasteiger partial charge in [0.2, 0.25) is 0 Å². The Morgan fingerprint density at radius 2 is 2.00 bits per heavy atom. The molecule has 1 heterocycles. The normalized spacial score (nSPS) is 17.0. The van der Waals surface area contributed by atoms with Crippen molar-refractivity contribution in [3.63, 3.8) is 0 Å². The third-order valence-corrected chi connectivity index (χ3v) is 2.46. The molecule has 0 unspecified atom stereocenters. The van der Waals surface area contributed by atoms with Crippen LogP contribution < -0.4 is 11.3 Å². The number of nitrogens with one attached hydrogen (secondary N) is 1. The van der Waals surface area contributed by atoms with Crippen molar-refractivity contribution in [1.29, 1.82) is 0 Å². The molecule has 0 bridgehead atoms. The van der Waals surface area contributed by atoms with E-state index in [0.717, 1.165) is 0 Å². The van der Waals surface area contributed by atoms with E-state index in [2.05, 4.69) is 0 Å². The van der Waals surface area contributed by atoms with Crippen LogP contribution in [0.15, 0.2) is 0 Å². The van der Waals surface area contributed by atoms with Gasteiger partial charge < -0.3 is 9.80 Å². The van der Waals surface area contributed by atoms with Crippen LogP contribution in [0.5, 0.6) is 0 Å². The lowest BCUT2D eigenvalue weighted by molar-refractivity contribution is -0.158. The van der Waals surface area contributed by atoms with Crippen molar-refractivity contribution in [1.82, 2.24) is 15.2 Å². The summed E-state index contributed by atoms with van der Waals surface area (Å²) in [5.74, 6) is 3.21. The first-order valence-corrected chi connectivity index (χ1v) is 5.06. The highest BCUT2D eigenvalue weighted by molar-refractivity contribution is 6.35. The van der Waals surface area contributed by atoms with Crippen LogP contribution in [-0.2, 0) is 14.4 Å². The summed E-state index contributed by atoms with van der Waals surface area (Å²) in [5.41, 5.74) is 1.92. The summed E-state index contributed by atoms with van der Waals surface area (Å²) in [7, 11) is 0. The van der Waals surface area contributed by atoms with E-state index >= 15 is 0 Å². The van der Waals surface area contributed by atoms with Gasteiger partial charge in [0.15, 0.2) is 0 Å². The van der Waals surface area contributed by atoms with Crippen molar-refractivity contribution in [2.75, 3.05) is 19.6 Å². The minimum Gasteiger partial charge on any atom is -0.330 e. The lowest BCUT2D eigenvalue weighted by atomic mass is 10.2. The van der Waals surface area contributed by atoms with Gasteiger partial charge in [0.1, 0.15) is 6.54 Å². The molecule has 3 N–H and O–H groups in total. The van der Waals surface area contributed by atoms with Gasteiger partial charge in [-0.15, -0.1) is 0 Å². The average molecular weight is 228 g/mol. The predicted octanol–water partition coefficient (Wildman–Crippen LogP) is -1.94. The molecule has 7 nitrogen and oxygen atoms in total. The fraction of sp³-hybridized carbons (Fsp3) is 0.667. The number of nitrogens with zero attached hydrogens (tertiary/aromatic N) is 2. The Morgan fingerprint density at radius 3 is 2.50 bits per heavy atom. The molecule has 0 aliphatic carbocycles. The maximum absolute atomic E-state index is 11.6. The van der Waals surface area contributed by atoms with Gasteiger partial charge >= 0.3 is 11.8 Å². The number of hydrogen-bond acceptors (Lipinski definition) is 4. The molecule has 7 heteroatoms. The van der Waals surface area contributed by atoms with Gasteiger partial charge in [0.05, 0.1) is 0 Å². The quantitative estimate of drug-likeness (QED) is 0.254. The van der Waals surface area contributed by atoms with Crippen LogP contribution in [0.2, 0.25) is 0 Å². The molecular formula is C9H16N4O3. The summed E-state index contributed by atoms with van der Waals surface area (Å²) in [5, 5.41) is 0.